The highest BCUT2D eigenvalue weighted by molar-refractivity contribution is 7.80. The molecule has 2 unspecified atom stereocenters. The number of thiocarbonyl (C=S) groups is 1. The van der Waals surface area contributed by atoms with E-state index in [9.17, 15) is 0 Å². The van der Waals surface area contributed by atoms with Crippen molar-refractivity contribution in [3.05, 3.63) is 35.9 Å². The van der Waals surface area contributed by atoms with E-state index in [1.54, 1.807) is 0 Å². The molecule has 0 aromatic heterocycles. The molecular weight excluding hydrogens is 204 g/mol. The van der Waals surface area contributed by atoms with Crippen LogP contribution < -0.4 is 10.6 Å². The Hall–Kier alpha value is -1.09. The van der Waals surface area contributed by atoms with E-state index in [0.717, 1.165) is 18.1 Å². The maximum atomic E-state index is 5.08. The van der Waals surface area contributed by atoms with Crippen molar-refractivity contribution in [3.8, 4) is 0 Å². The fraction of sp³-hybridized carbons (Fsp3) is 0.417. The predicted molar refractivity (Wildman–Crippen MR) is 66.8 cm³/mol. The van der Waals surface area contributed by atoms with E-state index in [2.05, 4.69) is 47.9 Å². The molecule has 1 aromatic carbocycles. The molecule has 2 nitrogen and oxygen atoms in total. The predicted octanol–water partition coefficient (Wildman–Crippen LogP) is 1.71. The van der Waals surface area contributed by atoms with E-state index < -0.39 is 0 Å². The molecular formula is C12H16N2S. The molecule has 0 radical (unpaired) electrons. The highest BCUT2D eigenvalue weighted by atomic mass is 32.1. The average Bonchev–Trinajstić information content (AvgIpc) is 2.24. The fourth-order valence-corrected chi connectivity index (χ4v) is 2.21. The number of rotatable bonds is 2. The summed E-state index contributed by atoms with van der Waals surface area (Å²) < 4.78 is 0. The molecule has 0 spiro atoms. The fourth-order valence-electron chi connectivity index (χ4n) is 1.94. The van der Waals surface area contributed by atoms with Crippen LogP contribution >= 0.6 is 12.2 Å². The highest BCUT2D eigenvalue weighted by Gasteiger charge is 2.22. The summed E-state index contributed by atoms with van der Waals surface area (Å²) in [4.78, 5) is 0. The van der Waals surface area contributed by atoms with Crippen molar-refractivity contribution in [2.45, 2.75) is 19.4 Å². The first-order chi connectivity index (χ1) is 7.25. The van der Waals surface area contributed by atoms with Crippen LogP contribution in [0.2, 0.25) is 0 Å². The summed E-state index contributed by atoms with van der Waals surface area (Å²) >= 11 is 5.08. The van der Waals surface area contributed by atoms with Crippen LogP contribution in [0.3, 0.4) is 0 Å². The highest BCUT2D eigenvalue weighted by Crippen LogP contribution is 2.14. The lowest BCUT2D eigenvalue weighted by Crippen LogP contribution is -2.54. The Kier molecular flexibility index (Phi) is 3.21. The third-order valence-electron chi connectivity index (χ3n) is 2.93. The Morgan fingerprint density at radius 3 is 2.73 bits per heavy atom. The van der Waals surface area contributed by atoms with Crippen LogP contribution in [0.1, 0.15) is 12.5 Å². The van der Waals surface area contributed by atoms with Crippen molar-refractivity contribution >= 4 is 17.3 Å². The minimum absolute atomic E-state index is 0.457. The van der Waals surface area contributed by atoms with Gasteiger partial charge in [-0.05, 0) is 31.1 Å². The first-order valence-corrected chi connectivity index (χ1v) is 5.75. The van der Waals surface area contributed by atoms with Gasteiger partial charge in [-0.25, -0.2) is 0 Å². The second-order valence-electron chi connectivity index (χ2n) is 4.09. The minimum Gasteiger partial charge on any atom is -0.362 e. The monoisotopic (exact) mass is 220 g/mol. The van der Waals surface area contributed by atoms with E-state index in [1.807, 2.05) is 0 Å². The van der Waals surface area contributed by atoms with Crippen LogP contribution in [0.4, 0.5) is 0 Å². The quantitative estimate of drug-likeness (QED) is 0.742. The third-order valence-corrected chi connectivity index (χ3v) is 3.19. The van der Waals surface area contributed by atoms with Gasteiger partial charge in [0.25, 0.3) is 0 Å². The van der Waals surface area contributed by atoms with Gasteiger partial charge in [-0.3, -0.25) is 0 Å². The van der Waals surface area contributed by atoms with Crippen LogP contribution in [0.5, 0.6) is 0 Å². The smallest absolute Gasteiger partial charge is 0.166 e. The van der Waals surface area contributed by atoms with Gasteiger partial charge < -0.3 is 10.6 Å². The zero-order chi connectivity index (χ0) is 10.7. The van der Waals surface area contributed by atoms with Gasteiger partial charge in [-0.1, -0.05) is 30.3 Å². The molecule has 1 aliphatic heterocycles. The van der Waals surface area contributed by atoms with Crippen LogP contribution in [0.25, 0.3) is 0 Å². The number of benzene rings is 1. The molecule has 1 aromatic rings. The molecule has 1 saturated heterocycles. The minimum atomic E-state index is 0.457. The van der Waals surface area contributed by atoms with Crippen molar-refractivity contribution in [1.82, 2.24) is 10.6 Å². The molecule has 2 atom stereocenters. The van der Waals surface area contributed by atoms with Crippen molar-refractivity contribution in [2.75, 3.05) is 6.54 Å². The summed E-state index contributed by atoms with van der Waals surface area (Å²) in [7, 11) is 0. The van der Waals surface area contributed by atoms with Gasteiger partial charge in [-0.15, -0.1) is 0 Å². The van der Waals surface area contributed by atoms with Gasteiger partial charge in [0.1, 0.15) is 0 Å². The number of nitrogens with one attached hydrogen (secondary N) is 2. The largest absolute Gasteiger partial charge is 0.362 e. The zero-order valence-corrected chi connectivity index (χ0v) is 9.68. The summed E-state index contributed by atoms with van der Waals surface area (Å²) in [5, 5.41) is 7.26. The molecule has 1 fully saturated rings. The van der Waals surface area contributed by atoms with Gasteiger partial charge in [0.2, 0.25) is 0 Å². The van der Waals surface area contributed by atoms with E-state index in [4.69, 9.17) is 12.2 Å². The lowest BCUT2D eigenvalue weighted by Gasteiger charge is -2.32. The van der Waals surface area contributed by atoms with E-state index in [0.29, 0.717) is 12.0 Å². The third kappa shape index (κ3) is 2.69. The topological polar surface area (TPSA) is 24.1 Å². The van der Waals surface area contributed by atoms with Crippen molar-refractivity contribution in [1.29, 1.82) is 0 Å². The second-order valence-corrected chi connectivity index (χ2v) is 4.50. The number of hydrogen-bond acceptors (Lipinski definition) is 1. The molecule has 2 rings (SSSR count). The maximum absolute atomic E-state index is 5.08. The summed E-state index contributed by atoms with van der Waals surface area (Å²) in [6.07, 6.45) is 1.10. The lowest BCUT2D eigenvalue weighted by molar-refractivity contribution is 0.379. The normalized spacial score (nSPS) is 25.5. The Labute approximate surface area is 96.1 Å². The van der Waals surface area contributed by atoms with Gasteiger partial charge in [0.05, 0.1) is 0 Å². The average molecular weight is 220 g/mol. The molecule has 1 aliphatic rings. The Morgan fingerprint density at radius 1 is 1.33 bits per heavy atom. The molecule has 3 heteroatoms. The molecule has 2 N–H and O–H groups in total. The molecule has 80 valence electrons. The standard InChI is InChI=1S/C12H16N2S/c1-9-11(8-13-12(15)14-9)7-10-5-3-2-4-6-10/h2-6,9,11H,7-8H2,1H3,(H2,13,14,15). The van der Waals surface area contributed by atoms with E-state index in [-0.39, 0.29) is 0 Å². The molecule has 1 heterocycles. The maximum Gasteiger partial charge on any atom is 0.166 e. The Balaban J connectivity index is 1.98. The second kappa shape index (κ2) is 4.62. The number of hydrogen-bond donors (Lipinski definition) is 2. The SMILES string of the molecule is CC1NC(=S)NCC1Cc1ccccc1. The van der Waals surface area contributed by atoms with E-state index in [1.165, 1.54) is 5.56 Å². The molecule has 0 bridgehead atoms. The first kappa shape index (κ1) is 10.4. The molecule has 0 aliphatic carbocycles. The lowest BCUT2D eigenvalue weighted by atomic mass is 9.92. The van der Waals surface area contributed by atoms with Crippen molar-refractivity contribution in [3.63, 3.8) is 0 Å². The molecule has 0 saturated carbocycles. The zero-order valence-electron chi connectivity index (χ0n) is 8.86. The van der Waals surface area contributed by atoms with Crippen LogP contribution in [0, 0.1) is 5.92 Å². The Morgan fingerprint density at radius 2 is 2.07 bits per heavy atom. The van der Waals surface area contributed by atoms with Crippen LogP contribution in [-0.2, 0) is 6.42 Å². The van der Waals surface area contributed by atoms with E-state index >= 15 is 0 Å². The van der Waals surface area contributed by atoms with Crippen LogP contribution in [0.15, 0.2) is 30.3 Å². The summed E-state index contributed by atoms with van der Waals surface area (Å²) in [6.45, 7) is 3.17. The Bertz CT molecular complexity index is 337. The van der Waals surface area contributed by atoms with Gasteiger partial charge >= 0.3 is 0 Å². The summed E-state index contributed by atoms with van der Waals surface area (Å²) in [5.74, 6) is 0.610. The van der Waals surface area contributed by atoms with Crippen molar-refractivity contribution in [2.24, 2.45) is 5.92 Å². The summed E-state index contributed by atoms with van der Waals surface area (Å²) in [5.41, 5.74) is 1.39. The molecule has 0 amide bonds. The molecule has 15 heavy (non-hydrogen) atoms. The van der Waals surface area contributed by atoms with Gasteiger partial charge in [0.15, 0.2) is 5.11 Å². The van der Waals surface area contributed by atoms with Gasteiger partial charge in [0, 0.05) is 18.5 Å². The van der Waals surface area contributed by atoms with Gasteiger partial charge in [-0.2, -0.15) is 0 Å². The van der Waals surface area contributed by atoms with Crippen molar-refractivity contribution < 1.29 is 0 Å². The first-order valence-electron chi connectivity index (χ1n) is 5.34. The summed E-state index contributed by atoms with van der Waals surface area (Å²) in [6, 6.07) is 11.1. The van der Waals surface area contributed by atoms with Crippen LogP contribution in [-0.4, -0.2) is 17.7 Å².